The van der Waals surface area contributed by atoms with Crippen molar-refractivity contribution in [2.24, 2.45) is 0 Å². The van der Waals surface area contributed by atoms with Crippen molar-refractivity contribution in [3.63, 3.8) is 0 Å². The molecule has 2 atom stereocenters. The van der Waals surface area contributed by atoms with Crippen LogP contribution in [-0.2, 0) is 30.8 Å². The smallest absolute Gasteiger partial charge is 0.458 e. The first kappa shape index (κ1) is 48.0. The van der Waals surface area contributed by atoms with Crippen molar-refractivity contribution in [1.29, 1.82) is 0 Å². The zero-order chi connectivity index (χ0) is 44.5. The van der Waals surface area contributed by atoms with Gasteiger partial charge in [0.05, 0.1) is 11.4 Å². The maximum absolute atomic E-state index is 14.6. The second-order valence-electron chi connectivity index (χ2n) is 10.4. The normalized spacial score (nSPS) is 17.1. The first-order valence-electron chi connectivity index (χ1n) is 12.9. The van der Waals surface area contributed by atoms with Crippen molar-refractivity contribution < 1.29 is 135 Å². The number of rotatable bonds is 15. The molecule has 0 aromatic heterocycles. The Morgan fingerprint density at radius 2 is 0.607 bits per heavy atom. The molecule has 8 nitrogen and oxygen atoms in total. The number of aromatic hydroxyl groups is 2. The van der Waals surface area contributed by atoms with E-state index >= 15 is 0 Å². The Labute approximate surface area is 290 Å². The predicted molar refractivity (Wildman–Crippen MR) is 127 cm³/mol. The lowest BCUT2D eigenvalue weighted by Crippen LogP contribution is -2.68. The molecular formula is C24H12F24N2O6. The predicted octanol–water partition coefficient (Wildman–Crippen LogP) is 9.23. The Morgan fingerprint density at radius 1 is 0.357 bits per heavy atom. The average molecular weight is 880 g/mol. The number of benzene rings is 2. The second-order valence-corrected chi connectivity index (χ2v) is 10.4. The molecular weight excluding hydrogens is 868 g/mol. The SMILES string of the molecule is Nc1cc(C(F)(F)C(F)(F)OC(F)(F)C(F)(OC(F)(F)C(F)(F)OC(F)(C(F)(F)F)C(F)(F)OC(F)(F)C(F)(F)c2ccc(O)c(N)c2)C(F)(F)F)ccc1O. The summed E-state index contributed by atoms with van der Waals surface area (Å²) in [7, 11) is 0. The highest BCUT2D eigenvalue weighted by Crippen LogP contribution is 2.59. The highest BCUT2D eigenvalue weighted by Gasteiger charge is 2.86. The number of phenols is 2. The molecule has 0 aliphatic heterocycles. The van der Waals surface area contributed by atoms with Crippen LogP contribution in [0.25, 0.3) is 0 Å². The van der Waals surface area contributed by atoms with Crippen LogP contribution in [-0.4, -0.2) is 70.9 Å². The van der Waals surface area contributed by atoms with Crippen LogP contribution in [0, 0.1) is 0 Å². The van der Waals surface area contributed by atoms with E-state index in [4.69, 9.17) is 21.7 Å². The summed E-state index contributed by atoms with van der Waals surface area (Å²) in [6.07, 6.45) is -65.3. The van der Waals surface area contributed by atoms with Gasteiger partial charge in [-0.15, -0.1) is 0 Å². The molecule has 2 rings (SSSR count). The Hall–Kier alpha value is -4.20. The summed E-state index contributed by atoms with van der Waals surface area (Å²) in [5.74, 6) is -32.7. The maximum atomic E-state index is 14.6. The minimum absolute atomic E-state index is 0.0349. The van der Waals surface area contributed by atoms with Gasteiger partial charge in [-0.1, -0.05) is 0 Å². The molecule has 0 saturated carbocycles. The number of alkyl halides is 24. The minimum atomic E-state index is -8.61. The molecule has 322 valence electrons. The van der Waals surface area contributed by atoms with Crippen LogP contribution in [0.5, 0.6) is 11.5 Å². The number of nitrogens with two attached hydrogens (primary N) is 2. The quantitative estimate of drug-likeness (QED) is 0.0793. The fraction of sp³-hybridized carbons (Fsp3) is 0.500. The van der Waals surface area contributed by atoms with Crippen LogP contribution in [0.3, 0.4) is 0 Å². The minimum Gasteiger partial charge on any atom is -0.506 e. The number of ether oxygens (including phenoxy) is 4. The van der Waals surface area contributed by atoms with E-state index in [1.54, 1.807) is 9.47 Å². The molecule has 0 heterocycles. The number of phenolic OH excluding ortho intramolecular Hbond substituents is 2. The van der Waals surface area contributed by atoms with E-state index in [1.807, 2.05) is 0 Å². The van der Waals surface area contributed by atoms with Gasteiger partial charge in [0.15, 0.2) is 0 Å². The first-order valence-corrected chi connectivity index (χ1v) is 12.9. The van der Waals surface area contributed by atoms with E-state index < -0.39 is 119 Å². The highest BCUT2D eigenvalue weighted by atomic mass is 19.4. The number of nitrogen functional groups attached to an aromatic ring is 2. The third-order valence-corrected chi connectivity index (χ3v) is 6.38. The third-order valence-electron chi connectivity index (χ3n) is 6.38. The van der Waals surface area contributed by atoms with Gasteiger partial charge in [0.25, 0.3) is 0 Å². The average Bonchev–Trinajstić information content (AvgIpc) is 2.96. The van der Waals surface area contributed by atoms with Gasteiger partial charge < -0.3 is 21.7 Å². The second kappa shape index (κ2) is 13.7. The summed E-state index contributed by atoms with van der Waals surface area (Å²) in [6.45, 7) is 0. The van der Waals surface area contributed by atoms with Gasteiger partial charge in [-0.25, -0.2) is 9.47 Å². The van der Waals surface area contributed by atoms with Crippen LogP contribution in [0.4, 0.5) is 117 Å². The monoisotopic (exact) mass is 880 g/mol. The van der Waals surface area contributed by atoms with Gasteiger partial charge in [-0.2, -0.15) is 105 Å². The molecule has 0 aliphatic rings. The molecule has 2 unspecified atom stereocenters. The van der Waals surface area contributed by atoms with E-state index in [0.29, 0.717) is 0 Å². The zero-order valence-electron chi connectivity index (χ0n) is 25.2. The Balaban J connectivity index is 2.63. The summed E-state index contributed by atoms with van der Waals surface area (Å²) >= 11 is 0. The number of halogens is 24. The number of hydrogen-bond acceptors (Lipinski definition) is 8. The van der Waals surface area contributed by atoms with Gasteiger partial charge in [0, 0.05) is 11.1 Å². The van der Waals surface area contributed by atoms with Crippen LogP contribution in [0.2, 0.25) is 0 Å². The van der Waals surface area contributed by atoms with Gasteiger partial charge >= 0.3 is 72.6 Å². The molecule has 0 amide bonds. The fourth-order valence-corrected chi connectivity index (χ4v) is 3.45. The lowest BCUT2D eigenvalue weighted by Gasteiger charge is -2.41. The number of anilines is 2. The lowest BCUT2D eigenvalue weighted by molar-refractivity contribution is -0.590. The van der Waals surface area contributed by atoms with Gasteiger partial charge in [-0.3, -0.25) is 9.47 Å². The highest BCUT2D eigenvalue weighted by molar-refractivity contribution is 5.55. The van der Waals surface area contributed by atoms with Crippen molar-refractivity contribution in [2.45, 2.75) is 72.6 Å². The van der Waals surface area contributed by atoms with Crippen LogP contribution in [0.1, 0.15) is 11.1 Å². The van der Waals surface area contributed by atoms with Crippen LogP contribution < -0.4 is 11.5 Å². The maximum Gasteiger partial charge on any atom is 0.458 e. The Kier molecular flexibility index (Phi) is 11.8. The standard InChI is InChI=1S/C24H12F24N2O6/c25-13(26,7-1-3-11(51)9(49)5-7)19(37,38)55-21(41,42)15(29,17(31,32)33)53-23(45,46)24(47,48)54-16(30,18(34,35)36)22(43,44)56-20(39,40)14(27,28)8-2-4-12(52)10(50)6-8/h1-6,51-52H,49-50H2. The molecule has 0 bridgehead atoms. The topological polar surface area (TPSA) is 129 Å². The molecule has 0 radical (unpaired) electrons. The summed E-state index contributed by atoms with van der Waals surface area (Å²) in [5.41, 5.74) is 2.14. The molecule has 2 aromatic rings. The van der Waals surface area contributed by atoms with Gasteiger partial charge in [-0.05, 0) is 36.4 Å². The van der Waals surface area contributed by atoms with Crippen molar-refractivity contribution >= 4 is 11.4 Å². The van der Waals surface area contributed by atoms with Crippen molar-refractivity contribution in [3.05, 3.63) is 47.5 Å². The molecule has 2 aromatic carbocycles. The molecule has 0 aliphatic carbocycles. The summed E-state index contributed by atoms with van der Waals surface area (Å²) in [5, 5.41) is 18.2. The first-order chi connectivity index (χ1) is 24.4. The summed E-state index contributed by atoms with van der Waals surface area (Å²) in [6, 6.07) is -1.73. The lowest BCUT2D eigenvalue weighted by atomic mass is 10.1. The van der Waals surface area contributed by atoms with E-state index in [2.05, 4.69) is 0 Å². The zero-order valence-corrected chi connectivity index (χ0v) is 25.2. The largest absolute Gasteiger partial charge is 0.506 e. The molecule has 0 spiro atoms. The van der Waals surface area contributed by atoms with E-state index in [0.717, 1.165) is 0 Å². The van der Waals surface area contributed by atoms with Crippen molar-refractivity contribution in [1.82, 2.24) is 0 Å². The number of hydrogen-bond donors (Lipinski definition) is 4. The molecule has 6 N–H and O–H groups in total. The Bertz CT molecular complexity index is 1630. The van der Waals surface area contributed by atoms with Crippen molar-refractivity contribution in [3.8, 4) is 11.5 Å². The summed E-state index contributed by atoms with van der Waals surface area (Å²) < 4.78 is 342. The Morgan fingerprint density at radius 3 is 0.821 bits per heavy atom. The van der Waals surface area contributed by atoms with E-state index in [1.165, 1.54) is 9.47 Å². The third kappa shape index (κ3) is 8.13. The summed E-state index contributed by atoms with van der Waals surface area (Å²) in [4.78, 5) is 0. The molecule has 0 saturated heterocycles. The fourth-order valence-electron chi connectivity index (χ4n) is 3.45. The van der Waals surface area contributed by atoms with Crippen LogP contribution in [0.15, 0.2) is 36.4 Å². The van der Waals surface area contributed by atoms with E-state index in [9.17, 15) is 105 Å². The van der Waals surface area contributed by atoms with Crippen molar-refractivity contribution in [2.75, 3.05) is 11.5 Å². The van der Waals surface area contributed by atoms with E-state index in [-0.39, 0.29) is 24.3 Å². The molecule has 32 heteroatoms. The van der Waals surface area contributed by atoms with Gasteiger partial charge in [0.1, 0.15) is 11.5 Å². The van der Waals surface area contributed by atoms with Crippen LogP contribution >= 0.6 is 0 Å². The molecule has 0 fully saturated rings. The van der Waals surface area contributed by atoms with Gasteiger partial charge in [0.2, 0.25) is 0 Å². The molecule has 56 heavy (non-hydrogen) atoms.